The van der Waals surface area contributed by atoms with Gasteiger partial charge in [0.25, 0.3) is 0 Å². The van der Waals surface area contributed by atoms with E-state index in [1.54, 1.807) is 0 Å². The van der Waals surface area contributed by atoms with Crippen LogP contribution in [0.3, 0.4) is 0 Å². The molecular formula is C52H100O8. The molecule has 0 saturated carbocycles. The van der Waals surface area contributed by atoms with Crippen molar-refractivity contribution in [3.8, 4) is 0 Å². The Balaban J connectivity index is 0. The van der Waals surface area contributed by atoms with Crippen LogP contribution in [0.25, 0.3) is 0 Å². The number of unbranched alkanes of at least 4 members (excludes halogenated alkanes) is 21. The summed E-state index contributed by atoms with van der Waals surface area (Å²) < 4.78 is 16.7. The second kappa shape index (κ2) is 47.9. The summed E-state index contributed by atoms with van der Waals surface area (Å²) in [7, 11) is 0. The van der Waals surface area contributed by atoms with E-state index in [0.717, 1.165) is 103 Å². The molecule has 356 valence electrons. The summed E-state index contributed by atoms with van der Waals surface area (Å²) in [6.07, 6.45) is 39.2. The smallest absolute Gasteiger partial charge is 0.306 e. The quantitative estimate of drug-likeness (QED) is 0.0366. The molecule has 0 fully saturated rings. The molecule has 8 nitrogen and oxygen atoms in total. The molecule has 3 atom stereocenters. The largest absolute Gasteiger partial charge is 0.481 e. The number of hydrogen-bond donors (Lipinski definition) is 1. The van der Waals surface area contributed by atoms with E-state index in [0.29, 0.717) is 44.3 Å². The van der Waals surface area contributed by atoms with Crippen LogP contribution in [0.4, 0.5) is 0 Å². The van der Waals surface area contributed by atoms with Gasteiger partial charge in [0.2, 0.25) is 0 Å². The van der Waals surface area contributed by atoms with Gasteiger partial charge in [0.1, 0.15) is 6.10 Å². The van der Waals surface area contributed by atoms with Gasteiger partial charge in [-0.2, -0.15) is 0 Å². The molecule has 1 N–H and O–H groups in total. The van der Waals surface area contributed by atoms with Gasteiger partial charge in [-0.1, -0.05) is 189 Å². The highest BCUT2D eigenvalue weighted by atomic mass is 16.5. The molecule has 0 aliphatic rings. The number of carboxylic acid groups (broad SMARTS) is 1. The van der Waals surface area contributed by atoms with Gasteiger partial charge in [-0.05, 0) is 76.0 Å². The van der Waals surface area contributed by atoms with Crippen LogP contribution in [0.1, 0.15) is 279 Å². The molecule has 0 aliphatic heterocycles. The molecular weight excluding hydrogens is 753 g/mol. The predicted molar refractivity (Wildman–Crippen MR) is 251 cm³/mol. The third kappa shape index (κ3) is 45.4. The molecule has 0 aliphatic carbocycles. The van der Waals surface area contributed by atoms with Gasteiger partial charge >= 0.3 is 23.9 Å². The van der Waals surface area contributed by atoms with Crippen molar-refractivity contribution in [3.63, 3.8) is 0 Å². The fourth-order valence-corrected chi connectivity index (χ4v) is 7.50. The number of esters is 3. The molecule has 0 radical (unpaired) electrons. The molecule has 8 heteroatoms. The number of ether oxygens (including phenoxy) is 3. The fourth-order valence-electron chi connectivity index (χ4n) is 7.50. The van der Waals surface area contributed by atoms with Crippen LogP contribution in [0.15, 0.2) is 0 Å². The highest BCUT2D eigenvalue weighted by Gasteiger charge is 2.15. The van der Waals surface area contributed by atoms with Crippen LogP contribution in [0, 0.1) is 11.8 Å². The van der Waals surface area contributed by atoms with Crippen molar-refractivity contribution in [3.05, 3.63) is 0 Å². The number of carbonyl (C=O) groups excluding carboxylic acids is 3. The monoisotopic (exact) mass is 853 g/mol. The van der Waals surface area contributed by atoms with Crippen molar-refractivity contribution in [1.82, 2.24) is 0 Å². The average Bonchev–Trinajstić information content (AvgIpc) is 3.23. The SMILES string of the molecule is CCCCC(CC)COC(=O)CCCCCCCC(=O)OCC(CC)CCCC.CCCCCCCCCC(CCCCCCCC)OC(=O)CCCCCCCC(=O)O. The Morgan fingerprint density at radius 2 is 0.683 bits per heavy atom. The zero-order valence-electron chi connectivity index (χ0n) is 40.6. The van der Waals surface area contributed by atoms with E-state index >= 15 is 0 Å². The van der Waals surface area contributed by atoms with E-state index in [2.05, 4.69) is 41.5 Å². The second-order valence-electron chi connectivity index (χ2n) is 17.7. The van der Waals surface area contributed by atoms with Gasteiger partial charge in [-0.25, -0.2) is 0 Å². The molecule has 0 bridgehead atoms. The standard InChI is InChI=1S/C27H52O4.C25H48O4/c1-3-5-7-9-11-14-18-22-25(21-17-13-10-8-6-4-2)31-27(30)24-20-16-12-15-19-23-26(28)29;1-5-9-16-22(7-3)20-28-24(26)18-14-12-11-13-15-19-25(27)29-21-23(8-4)17-10-6-2/h25H,3-24H2,1-2H3,(H,28,29);22-23H,5-21H2,1-4H3. The Morgan fingerprint density at radius 3 is 1.03 bits per heavy atom. The lowest BCUT2D eigenvalue weighted by Crippen LogP contribution is -2.18. The van der Waals surface area contributed by atoms with E-state index in [-0.39, 0.29) is 30.4 Å². The highest BCUT2D eigenvalue weighted by molar-refractivity contribution is 5.70. The van der Waals surface area contributed by atoms with Crippen molar-refractivity contribution in [2.75, 3.05) is 13.2 Å². The third-order valence-electron chi connectivity index (χ3n) is 11.9. The summed E-state index contributed by atoms with van der Waals surface area (Å²) in [5.41, 5.74) is 0. The normalized spacial score (nSPS) is 12.6. The lowest BCUT2D eigenvalue weighted by atomic mass is 10.0. The number of carboxylic acids is 1. The maximum Gasteiger partial charge on any atom is 0.306 e. The maximum atomic E-state index is 12.3. The first kappa shape index (κ1) is 60.0. The van der Waals surface area contributed by atoms with Gasteiger partial charge in [-0.15, -0.1) is 0 Å². The summed E-state index contributed by atoms with van der Waals surface area (Å²) in [5.74, 6) is 0.148. The zero-order chi connectivity index (χ0) is 44.7. The first-order valence-corrected chi connectivity index (χ1v) is 25.9. The molecule has 0 saturated heterocycles. The highest BCUT2D eigenvalue weighted by Crippen LogP contribution is 2.19. The molecule has 0 heterocycles. The summed E-state index contributed by atoms with van der Waals surface area (Å²) in [6, 6.07) is 0. The van der Waals surface area contributed by atoms with E-state index in [4.69, 9.17) is 19.3 Å². The Morgan fingerprint density at radius 1 is 0.367 bits per heavy atom. The van der Waals surface area contributed by atoms with Crippen LogP contribution in [-0.2, 0) is 33.4 Å². The minimum absolute atomic E-state index is 0.0375. The topological polar surface area (TPSA) is 116 Å². The molecule has 0 spiro atoms. The second-order valence-corrected chi connectivity index (χ2v) is 17.7. The first-order chi connectivity index (χ1) is 29.2. The van der Waals surface area contributed by atoms with Crippen LogP contribution < -0.4 is 0 Å². The van der Waals surface area contributed by atoms with E-state index < -0.39 is 5.97 Å². The molecule has 60 heavy (non-hydrogen) atoms. The van der Waals surface area contributed by atoms with Crippen LogP contribution in [0.5, 0.6) is 0 Å². The number of aliphatic carboxylic acids is 1. The summed E-state index contributed by atoms with van der Waals surface area (Å²) in [5, 5.41) is 8.65. The zero-order valence-corrected chi connectivity index (χ0v) is 40.6. The van der Waals surface area contributed by atoms with Gasteiger partial charge < -0.3 is 19.3 Å². The van der Waals surface area contributed by atoms with Gasteiger partial charge in [-0.3, -0.25) is 19.2 Å². The molecule has 0 amide bonds. The Kier molecular flexibility index (Phi) is 47.9. The predicted octanol–water partition coefficient (Wildman–Crippen LogP) is 15.8. The van der Waals surface area contributed by atoms with Gasteiger partial charge in [0.15, 0.2) is 0 Å². The summed E-state index contributed by atoms with van der Waals surface area (Å²) in [4.78, 5) is 46.5. The summed E-state index contributed by atoms with van der Waals surface area (Å²) >= 11 is 0. The van der Waals surface area contributed by atoms with Crippen molar-refractivity contribution < 1.29 is 38.5 Å². The lowest BCUT2D eigenvalue weighted by molar-refractivity contribution is -0.150. The summed E-state index contributed by atoms with van der Waals surface area (Å²) in [6.45, 7) is 14.4. The van der Waals surface area contributed by atoms with Gasteiger partial charge in [0.05, 0.1) is 13.2 Å². The van der Waals surface area contributed by atoms with Crippen LogP contribution >= 0.6 is 0 Å². The molecule has 3 unspecified atom stereocenters. The van der Waals surface area contributed by atoms with E-state index in [1.807, 2.05) is 0 Å². The average molecular weight is 853 g/mol. The van der Waals surface area contributed by atoms with E-state index in [9.17, 15) is 19.2 Å². The fraction of sp³-hybridized carbons (Fsp3) is 0.923. The Hall–Kier alpha value is -2.12. The first-order valence-electron chi connectivity index (χ1n) is 25.9. The Labute approximate surface area is 371 Å². The Bertz CT molecular complexity index is 916. The molecule has 0 rings (SSSR count). The van der Waals surface area contributed by atoms with Crippen molar-refractivity contribution in [1.29, 1.82) is 0 Å². The van der Waals surface area contributed by atoms with Crippen LogP contribution in [-0.4, -0.2) is 48.3 Å². The van der Waals surface area contributed by atoms with Crippen LogP contribution in [0.2, 0.25) is 0 Å². The minimum atomic E-state index is -0.721. The van der Waals surface area contributed by atoms with Gasteiger partial charge in [0, 0.05) is 25.7 Å². The molecule has 0 aromatic rings. The minimum Gasteiger partial charge on any atom is -0.481 e. The molecule has 0 aromatic heterocycles. The number of rotatable bonds is 44. The van der Waals surface area contributed by atoms with E-state index in [1.165, 1.54) is 109 Å². The maximum absolute atomic E-state index is 12.3. The van der Waals surface area contributed by atoms with Crippen molar-refractivity contribution >= 4 is 23.9 Å². The lowest BCUT2D eigenvalue weighted by Gasteiger charge is -2.18. The third-order valence-corrected chi connectivity index (χ3v) is 11.9. The van der Waals surface area contributed by atoms with Crippen molar-refractivity contribution in [2.45, 2.75) is 285 Å². The van der Waals surface area contributed by atoms with Crippen molar-refractivity contribution in [2.24, 2.45) is 11.8 Å². The number of hydrogen-bond acceptors (Lipinski definition) is 7. The molecule has 0 aromatic carbocycles. The number of carbonyl (C=O) groups is 4.